The van der Waals surface area contributed by atoms with Crippen LogP contribution in [0.2, 0.25) is 0 Å². The summed E-state index contributed by atoms with van der Waals surface area (Å²) in [6.07, 6.45) is 0.763. The predicted octanol–water partition coefficient (Wildman–Crippen LogP) is 2.92. The van der Waals surface area contributed by atoms with Gasteiger partial charge in [0.1, 0.15) is 0 Å². The zero-order valence-electron chi connectivity index (χ0n) is 14.4. The van der Waals surface area contributed by atoms with Crippen molar-refractivity contribution in [2.24, 2.45) is 0 Å². The van der Waals surface area contributed by atoms with E-state index in [-0.39, 0.29) is 5.75 Å². The molecule has 1 fully saturated rings. The fraction of sp³-hybridized carbons (Fsp3) is 0.333. The number of rotatable bonds is 4. The van der Waals surface area contributed by atoms with E-state index in [1.165, 1.54) is 9.47 Å². The Hall–Kier alpha value is -1.84. The van der Waals surface area contributed by atoms with Crippen molar-refractivity contribution in [2.75, 3.05) is 26.2 Å². The lowest BCUT2D eigenvalue weighted by molar-refractivity contribution is 0.102. The summed E-state index contributed by atoms with van der Waals surface area (Å²) in [5.74, 6) is -0.258. The van der Waals surface area contributed by atoms with E-state index in [0.29, 0.717) is 44.8 Å². The van der Waals surface area contributed by atoms with Crippen molar-refractivity contribution in [3.8, 4) is 5.75 Å². The highest BCUT2D eigenvalue weighted by Crippen LogP contribution is 2.23. The molecule has 1 amide bonds. The number of halogens is 2. The number of amides is 1. The maximum Gasteiger partial charge on any atom is 0.407 e. The molecule has 0 radical (unpaired) electrons. The Morgan fingerprint density at radius 2 is 1.74 bits per heavy atom. The number of benzene rings is 1. The highest BCUT2D eigenvalue weighted by Gasteiger charge is 2.21. The van der Waals surface area contributed by atoms with Gasteiger partial charge in [0, 0.05) is 53.4 Å². The number of aromatic nitrogens is 1. The van der Waals surface area contributed by atoms with E-state index in [1.54, 1.807) is 12.3 Å². The molecule has 1 aromatic heterocycles. The summed E-state index contributed by atoms with van der Waals surface area (Å²) in [5.41, 5.74) is 1.04. The number of aromatic hydroxyl groups is 1. The van der Waals surface area contributed by atoms with E-state index in [9.17, 15) is 14.7 Å². The van der Waals surface area contributed by atoms with Crippen LogP contribution in [0.25, 0.3) is 0 Å². The van der Waals surface area contributed by atoms with Crippen LogP contribution in [0, 0.1) is 0 Å². The summed E-state index contributed by atoms with van der Waals surface area (Å²) in [4.78, 5) is 26.9. The van der Waals surface area contributed by atoms with Crippen molar-refractivity contribution < 1.29 is 15.0 Å². The van der Waals surface area contributed by atoms with Gasteiger partial charge in [0.15, 0.2) is 5.75 Å². The number of hydrogen-bond donors (Lipinski definition) is 2. The molecule has 27 heavy (non-hydrogen) atoms. The van der Waals surface area contributed by atoms with Crippen molar-refractivity contribution in [1.29, 1.82) is 0 Å². The Morgan fingerprint density at radius 3 is 2.37 bits per heavy atom. The molecule has 1 saturated heterocycles. The smallest absolute Gasteiger partial charge is 0.407 e. The SMILES string of the molecule is O=C(O)N1CCN(Cc2ccn(Cc3ccc(Br)cc3Br)c(=O)c2O)CC1. The Labute approximate surface area is 173 Å². The van der Waals surface area contributed by atoms with Crippen LogP contribution in [0.5, 0.6) is 5.75 Å². The van der Waals surface area contributed by atoms with Crippen molar-refractivity contribution in [2.45, 2.75) is 13.1 Å². The van der Waals surface area contributed by atoms with Crippen LogP contribution in [0.15, 0.2) is 44.2 Å². The Kier molecular flexibility index (Phi) is 6.23. The Balaban J connectivity index is 1.72. The van der Waals surface area contributed by atoms with Crippen LogP contribution in [0.1, 0.15) is 11.1 Å². The molecule has 2 N–H and O–H groups in total. The summed E-state index contributed by atoms with van der Waals surface area (Å²) in [5, 5.41) is 19.4. The molecule has 0 spiro atoms. The third-order valence-corrected chi connectivity index (χ3v) is 5.85. The molecule has 1 aliphatic heterocycles. The number of nitrogens with zero attached hydrogens (tertiary/aromatic N) is 3. The van der Waals surface area contributed by atoms with Crippen LogP contribution in [0.3, 0.4) is 0 Å². The summed E-state index contributed by atoms with van der Waals surface area (Å²) >= 11 is 6.88. The van der Waals surface area contributed by atoms with Crippen LogP contribution in [-0.2, 0) is 13.1 Å². The zero-order chi connectivity index (χ0) is 19.6. The molecule has 3 rings (SSSR count). The topological polar surface area (TPSA) is 86.0 Å². The van der Waals surface area contributed by atoms with Crippen molar-refractivity contribution in [3.63, 3.8) is 0 Å². The molecule has 0 unspecified atom stereocenters. The van der Waals surface area contributed by atoms with Gasteiger partial charge in [0.05, 0.1) is 6.54 Å². The molecular weight excluding hydrogens is 482 g/mol. The average Bonchev–Trinajstić information content (AvgIpc) is 2.63. The van der Waals surface area contributed by atoms with Gasteiger partial charge in [-0.3, -0.25) is 9.69 Å². The van der Waals surface area contributed by atoms with Gasteiger partial charge in [-0.05, 0) is 23.8 Å². The molecule has 144 valence electrons. The third-order valence-electron chi connectivity index (χ3n) is 4.62. The van der Waals surface area contributed by atoms with E-state index in [4.69, 9.17) is 5.11 Å². The highest BCUT2D eigenvalue weighted by atomic mass is 79.9. The maximum absolute atomic E-state index is 12.5. The molecular formula is C18H19Br2N3O4. The first-order chi connectivity index (χ1) is 12.8. The van der Waals surface area contributed by atoms with E-state index >= 15 is 0 Å². The van der Waals surface area contributed by atoms with Crippen LogP contribution < -0.4 is 5.56 Å². The van der Waals surface area contributed by atoms with Crippen LogP contribution >= 0.6 is 31.9 Å². The first-order valence-corrected chi connectivity index (χ1v) is 9.99. The summed E-state index contributed by atoms with van der Waals surface area (Å²) < 4.78 is 3.28. The number of piperazine rings is 1. The van der Waals surface area contributed by atoms with Gasteiger partial charge in [-0.2, -0.15) is 0 Å². The molecule has 2 heterocycles. The van der Waals surface area contributed by atoms with E-state index in [2.05, 4.69) is 31.9 Å². The van der Waals surface area contributed by atoms with Gasteiger partial charge in [0.25, 0.3) is 5.56 Å². The fourth-order valence-electron chi connectivity index (χ4n) is 3.02. The third kappa shape index (κ3) is 4.72. The summed E-state index contributed by atoms with van der Waals surface area (Å²) in [7, 11) is 0. The molecule has 7 nitrogen and oxygen atoms in total. The lowest BCUT2D eigenvalue weighted by Crippen LogP contribution is -2.47. The van der Waals surface area contributed by atoms with E-state index in [0.717, 1.165) is 14.5 Å². The summed E-state index contributed by atoms with van der Waals surface area (Å²) in [6.45, 7) is 2.74. The van der Waals surface area contributed by atoms with Gasteiger partial charge in [-0.15, -0.1) is 0 Å². The molecule has 0 saturated carbocycles. The molecule has 0 bridgehead atoms. The van der Waals surface area contributed by atoms with E-state index in [1.807, 2.05) is 23.1 Å². The van der Waals surface area contributed by atoms with Crippen LogP contribution in [-0.4, -0.2) is 56.9 Å². The molecule has 0 aliphatic carbocycles. The largest absolute Gasteiger partial charge is 0.503 e. The molecule has 0 atom stereocenters. The van der Waals surface area contributed by atoms with Crippen molar-refractivity contribution in [1.82, 2.24) is 14.4 Å². The Bertz CT molecular complexity index is 908. The first-order valence-electron chi connectivity index (χ1n) is 8.40. The minimum Gasteiger partial charge on any atom is -0.503 e. The van der Waals surface area contributed by atoms with Crippen molar-refractivity contribution in [3.05, 3.63) is 60.9 Å². The van der Waals surface area contributed by atoms with Gasteiger partial charge in [-0.25, -0.2) is 4.79 Å². The second-order valence-electron chi connectivity index (χ2n) is 6.40. The second-order valence-corrected chi connectivity index (χ2v) is 8.17. The fourth-order valence-corrected chi connectivity index (χ4v) is 4.20. The van der Waals surface area contributed by atoms with Crippen molar-refractivity contribution >= 4 is 38.0 Å². The minimum absolute atomic E-state index is 0.258. The molecule has 9 heteroatoms. The normalized spacial score (nSPS) is 15.1. The maximum atomic E-state index is 12.5. The number of pyridine rings is 1. The number of carboxylic acid groups (broad SMARTS) is 1. The van der Waals surface area contributed by atoms with Crippen LogP contribution in [0.4, 0.5) is 4.79 Å². The molecule has 2 aromatic rings. The zero-order valence-corrected chi connectivity index (χ0v) is 17.6. The van der Waals surface area contributed by atoms with Gasteiger partial charge >= 0.3 is 6.09 Å². The minimum atomic E-state index is -0.917. The average molecular weight is 501 g/mol. The standard InChI is InChI=1S/C18H19Br2N3O4/c19-14-2-1-12(15(20)9-14)11-23-4-3-13(16(24)17(23)25)10-21-5-7-22(8-6-21)18(26)27/h1-4,9,24H,5-8,10-11H2,(H,26,27). The predicted molar refractivity (Wildman–Crippen MR) is 108 cm³/mol. The van der Waals surface area contributed by atoms with Gasteiger partial charge < -0.3 is 19.7 Å². The number of carbonyl (C=O) groups is 1. The lowest BCUT2D eigenvalue weighted by atomic mass is 10.2. The highest BCUT2D eigenvalue weighted by molar-refractivity contribution is 9.11. The quantitative estimate of drug-likeness (QED) is 0.674. The molecule has 1 aliphatic rings. The Morgan fingerprint density at radius 1 is 1.04 bits per heavy atom. The first kappa shape index (κ1) is 19.9. The van der Waals surface area contributed by atoms with E-state index < -0.39 is 11.7 Å². The molecule has 1 aromatic carbocycles. The van der Waals surface area contributed by atoms with Gasteiger partial charge in [-0.1, -0.05) is 37.9 Å². The summed E-state index contributed by atoms with van der Waals surface area (Å²) in [6, 6.07) is 7.46. The lowest BCUT2D eigenvalue weighted by Gasteiger charge is -2.33. The van der Waals surface area contributed by atoms with Gasteiger partial charge in [0.2, 0.25) is 0 Å². The number of hydrogen-bond acceptors (Lipinski definition) is 4. The monoisotopic (exact) mass is 499 g/mol. The second kappa shape index (κ2) is 8.45.